The van der Waals surface area contributed by atoms with E-state index in [9.17, 15) is 29.1 Å². The third-order valence-corrected chi connectivity index (χ3v) is 7.33. The quantitative estimate of drug-likeness (QED) is 0.388. The van der Waals surface area contributed by atoms with E-state index in [1.807, 2.05) is 0 Å². The molecular weight excluding hydrogens is 440 g/mol. The number of hydrogen-bond acceptors (Lipinski definition) is 7. The van der Waals surface area contributed by atoms with Crippen molar-refractivity contribution in [2.75, 3.05) is 7.11 Å². The lowest BCUT2D eigenvalue weighted by atomic mass is 9.59. The van der Waals surface area contributed by atoms with Crippen LogP contribution in [0.2, 0.25) is 0 Å². The molecule has 3 aliphatic carbocycles. The Bertz CT molecular complexity index is 1300. The molecule has 1 aromatic carbocycles. The molecule has 1 aliphatic heterocycles. The van der Waals surface area contributed by atoms with Crippen LogP contribution in [0, 0.1) is 17.8 Å². The summed E-state index contributed by atoms with van der Waals surface area (Å²) in [7, 11) is 1.47. The largest absolute Gasteiger partial charge is 0.508 e. The van der Waals surface area contributed by atoms with Gasteiger partial charge in [-0.3, -0.25) is 19.2 Å². The minimum absolute atomic E-state index is 0.0743. The van der Waals surface area contributed by atoms with Crippen molar-refractivity contribution in [3.8, 4) is 11.5 Å². The zero-order chi connectivity index (χ0) is 24.5. The van der Waals surface area contributed by atoms with Crippen LogP contribution in [0.25, 0.3) is 0 Å². The summed E-state index contributed by atoms with van der Waals surface area (Å²) in [4.78, 5) is 64.6. The van der Waals surface area contributed by atoms with Crippen LogP contribution < -0.4 is 10.5 Å². The van der Waals surface area contributed by atoms with Crippen LogP contribution in [-0.4, -0.2) is 46.5 Å². The highest BCUT2D eigenvalue weighted by atomic mass is 16.5. The summed E-state index contributed by atoms with van der Waals surface area (Å²) in [5.74, 6) is -4.74. The number of ether oxygens (including phenoxy) is 1. The minimum Gasteiger partial charge on any atom is -0.508 e. The van der Waals surface area contributed by atoms with E-state index in [-0.39, 0.29) is 46.9 Å². The van der Waals surface area contributed by atoms with E-state index < -0.39 is 41.5 Å². The molecule has 9 nitrogen and oxygen atoms in total. The molecule has 3 N–H and O–H groups in total. The number of carbonyl (C=O) groups is 5. The number of likely N-dealkylation sites (tertiary alicyclic amines) is 1. The topological polar surface area (TPSA) is 144 Å². The highest BCUT2D eigenvalue weighted by Gasteiger charge is 2.57. The summed E-state index contributed by atoms with van der Waals surface area (Å²) in [6, 6.07) is 3.48. The molecule has 0 bridgehead atoms. The number of fused-ring (bicyclic) bond motifs is 3. The Balaban J connectivity index is 1.72. The van der Waals surface area contributed by atoms with Gasteiger partial charge < -0.3 is 15.6 Å². The molecule has 1 saturated heterocycles. The second-order valence-electron chi connectivity index (χ2n) is 9.00. The third kappa shape index (κ3) is 2.89. The molecule has 1 fully saturated rings. The average molecular weight is 462 g/mol. The molecule has 0 radical (unpaired) electrons. The first-order chi connectivity index (χ1) is 16.1. The molecule has 34 heavy (non-hydrogen) atoms. The van der Waals surface area contributed by atoms with Crippen LogP contribution >= 0.6 is 0 Å². The van der Waals surface area contributed by atoms with Crippen LogP contribution in [0.1, 0.15) is 31.2 Å². The number of benzene rings is 1. The van der Waals surface area contributed by atoms with Crippen molar-refractivity contribution in [2.24, 2.45) is 23.5 Å². The van der Waals surface area contributed by atoms with Crippen molar-refractivity contribution < 1.29 is 33.8 Å². The number of allylic oxidation sites excluding steroid dienone is 6. The van der Waals surface area contributed by atoms with E-state index in [1.165, 1.54) is 19.3 Å². The van der Waals surface area contributed by atoms with E-state index in [0.717, 1.165) is 0 Å². The lowest BCUT2D eigenvalue weighted by Gasteiger charge is -2.42. The van der Waals surface area contributed by atoms with E-state index in [4.69, 9.17) is 10.5 Å². The monoisotopic (exact) mass is 462 g/mol. The number of ketones is 2. The van der Waals surface area contributed by atoms with Gasteiger partial charge in [0.05, 0.1) is 18.9 Å². The number of imide groups is 3. The van der Waals surface area contributed by atoms with Crippen LogP contribution in [-0.2, 0) is 19.2 Å². The number of phenolic OH excluding ortho intramolecular Hbond substituents is 1. The predicted molar refractivity (Wildman–Crippen MR) is 117 cm³/mol. The van der Waals surface area contributed by atoms with Gasteiger partial charge >= 0.3 is 6.03 Å². The first-order valence-electron chi connectivity index (χ1n) is 10.9. The number of rotatable bonds is 2. The summed E-state index contributed by atoms with van der Waals surface area (Å²) in [6.07, 6.45) is 3.32. The van der Waals surface area contributed by atoms with Crippen molar-refractivity contribution in [3.05, 3.63) is 58.2 Å². The molecule has 1 aromatic rings. The molecule has 9 heteroatoms. The Morgan fingerprint density at radius 3 is 2.56 bits per heavy atom. The number of methoxy groups -OCH3 is 1. The number of nitrogens with zero attached hydrogens (tertiary/aromatic N) is 1. The number of Topliss-reactive ketones (excluding diaryl/α,β-unsaturated/α-hetero) is 1. The normalized spacial score (nSPS) is 28.2. The van der Waals surface area contributed by atoms with Gasteiger partial charge in [-0.2, -0.15) is 4.90 Å². The standard InChI is InChI=1S/C25H22N2O7/c1-10-7-18(29)21-16(22(10)30)9-14-12(19(21)15-8-11(34-2)3-6-17(15)28)4-5-13-20(14)24(32)27(23(13)31)25(26)33/h3-4,6-8,13-14,19-20,28H,5,9H2,1-2H3,(H2,26,33). The molecule has 4 unspecified atom stereocenters. The summed E-state index contributed by atoms with van der Waals surface area (Å²) in [6.45, 7) is 1.55. The fraction of sp³-hybridized carbons (Fsp3) is 0.320. The molecular formula is C25H22N2O7. The first-order valence-corrected chi connectivity index (χ1v) is 10.9. The maximum absolute atomic E-state index is 13.2. The smallest absolute Gasteiger partial charge is 0.328 e. The van der Waals surface area contributed by atoms with E-state index >= 15 is 0 Å². The van der Waals surface area contributed by atoms with Crippen molar-refractivity contribution >= 4 is 29.4 Å². The van der Waals surface area contributed by atoms with Gasteiger partial charge in [0, 0.05) is 28.2 Å². The van der Waals surface area contributed by atoms with Crippen molar-refractivity contribution in [2.45, 2.75) is 25.7 Å². The van der Waals surface area contributed by atoms with Gasteiger partial charge in [0.2, 0.25) is 11.8 Å². The molecule has 0 spiro atoms. The minimum atomic E-state index is -1.13. The van der Waals surface area contributed by atoms with E-state index in [2.05, 4.69) is 0 Å². The second-order valence-corrected chi connectivity index (χ2v) is 9.00. The lowest BCUT2D eigenvalue weighted by molar-refractivity contribution is -0.136. The molecule has 0 saturated carbocycles. The summed E-state index contributed by atoms with van der Waals surface area (Å²) in [5, 5.41) is 10.8. The molecule has 4 atom stereocenters. The predicted octanol–water partition coefficient (Wildman–Crippen LogP) is 1.91. The van der Waals surface area contributed by atoms with Gasteiger partial charge in [-0.25, -0.2) is 4.79 Å². The fourth-order valence-corrected chi connectivity index (χ4v) is 5.85. The zero-order valence-electron chi connectivity index (χ0n) is 18.5. The summed E-state index contributed by atoms with van der Waals surface area (Å²) >= 11 is 0. The van der Waals surface area contributed by atoms with E-state index in [1.54, 1.807) is 25.1 Å². The number of urea groups is 1. The number of carbonyl (C=O) groups excluding carboxylic acids is 5. The van der Waals surface area contributed by atoms with Crippen molar-refractivity contribution in [3.63, 3.8) is 0 Å². The van der Waals surface area contributed by atoms with Crippen LogP contribution in [0.3, 0.4) is 0 Å². The summed E-state index contributed by atoms with van der Waals surface area (Å²) in [5.41, 5.74) is 7.12. The first kappa shape index (κ1) is 21.8. The maximum Gasteiger partial charge on any atom is 0.328 e. The summed E-state index contributed by atoms with van der Waals surface area (Å²) < 4.78 is 5.31. The lowest BCUT2D eigenvalue weighted by Crippen LogP contribution is -2.42. The van der Waals surface area contributed by atoms with Gasteiger partial charge in [0.1, 0.15) is 11.5 Å². The third-order valence-electron chi connectivity index (χ3n) is 7.33. The number of nitrogens with two attached hydrogens (primary N) is 1. The molecule has 5 rings (SSSR count). The molecule has 1 heterocycles. The number of hydrogen-bond donors (Lipinski definition) is 2. The van der Waals surface area contributed by atoms with E-state index in [0.29, 0.717) is 21.8 Å². The number of amides is 4. The Labute approximate surface area is 194 Å². The number of aromatic hydroxyl groups is 1. The van der Waals surface area contributed by atoms with Crippen LogP contribution in [0.4, 0.5) is 4.79 Å². The number of phenols is 1. The van der Waals surface area contributed by atoms with Gasteiger partial charge in [-0.1, -0.05) is 11.6 Å². The Morgan fingerprint density at radius 2 is 1.88 bits per heavy atom. The van der Waals surface area contributed by atoms with Gasteiger partial charge in [0.25, 0.3) is 0 Å². The average Bonchev–Trinajstić information content (AvgIpc) is 3.06. The van der Waals surface area contributed by atoms with Crippen LogP contribution in [0.5, 0.6) is 11.5 Å². The Kier molecular flexibility index (Phi) is 4.82. The van der Waals surface area contributed by atoms with Gasteiger partial charge in [-0.05, 0) is 50.0 Å². The Morgan fingerprint density at radius 1 is 1.15 bits per heavy atom. The van der Waals surface area contributed by atoms with Gasteiger partial charge in [0.15, 0.2) is 11.6 Å². The van der Waals surface area contributed by atoms with Crippen molar-refractivity contribution in [1.82, 2.24) is 4.90 Å². The number of primary amides is 1. The maximum atomic E-state index is 13.2. The zero-order valence-corrected chi connectivity index (χ0v) is 18.5. The molecule has 174 valence electrons. The highest BCUT2D eigenvalue weighted by molar-refractivity contribution is 6.24. The van der Waals surface area contributed by atoms with Crippen molar-refractivity contribution in [1.29, 1.82) is 0 Å². The van der Waals surface area contributed by atoms with Gasteiger partial charge in [-0.15, -0.1) is 0 Å². The highest BCUT2D eigenvalue weighted by Crippen LogP contribution is 2.56. The molecule has 4 amide bonds. The molecule has 4 aliphatic rings. The fourth-order valence-electron chi connectivity index (χ4n) is 5.85. The second kappa shape index (κ2) is 7.51. The Hall–Kier alpha value is -4.01. The van der Waals surface area contributed by atoms with Crippen LogP contribution in [0.15, 0.2) is 52.6 Å². The molecule has 0 aromatic heterocycles. The SMILES string of the molecule is COc1ccc(O)c(C2C3=CCC4C(=O)N(C(N)=O)C(=O)C4C3CC3=C2C(=O)C=C(C)C3=O)c1.